The topological polar surface area (TPSA) is 32.3 Å². The van der Waals surface area contributed by atoms with E-state index in [1.807, 2.05) is 0 Å². The second kappa shape index (κ2) is 6.43. The molecule has 0 spiro atoms. The number of thiophene rings is 1. The van der Waals surface area contributed by atoms with E-state index < -0.39 is 0 Å². The third-order valence-corrected chi connectivity index (χ3v) is 2.08. The molecule has 0 saturated carbocycles. The molecule has 0 aromatic carbocycles. The fourth-order valence-corrected chi connectivity index (χ4v) is 1.49. The molecule has 1 atom stereocenters. The average Bonchev–Trinajstić information content (AvgIpc) is 2.39. The van der Waals surface area contributed by atoms with Crippen LogP contribution < -0.4 is 5.32 Å². The summed E-state index contributed by atoms with van der Waals surface area (Å²) >= 11 is 1.70. The number of halogens is 1. The molecule has 12 heavy (non-hydrogen) atoms. The Morgan fingerprint density at radius 1 is 1.67 bits per heavy atom. The van der Waals surface area contributed by atoms with E-state index in [-0.39, 0.29) is 18.5 Å². The molecule has 0 aliphatic heterocycles. The van der Waals surface area contributed by atoms with Crippen LogP contribution in [-0.2, 0) is 6.54 Å². The Labute approximate surface area is 83.0 Å². The van der Waals surface area contributed by atoms with Gasteiger partial charge in [0.15, 0.2) is 0 Å². The van der Waals surface area contributed by atoms with Crippen molar-refractivity contribution < 1.29 is 5.11 Å². The Bertz CT molecular complexity index is 189. The second-order valence-corrected chi connectivity index (χ2v) is 3.39. The molecule has 1 aromatic rings. The van der Waals surface area contributed by atoms with Crippen LogP contribution in [0.2, 0.25) is 0 Å². The van der Waals surface area contributed by atoms with E-state index in [0.717, 1.165) is 6.54 Å². The SMILES string of the molecule is CC(O)CNCc1ccsc1.Cl. The summed E-state index contributed by atoms with van der Waals surface area (Å²) < 4.78 is 0. The minimum Gasteiger partial charge on any atom is -0.392 e. The first kappa shape index (κ1) is 11.9. The normalized spacial score (nSPS) is 12.2. The maximum absolute atomic E-state index is 8.92. The van der Waals surface area contributed by atoms with Gasteiger partial charge in [0, 0.05) is 13.1 Å². The molecule has 0 aliphatic rings. The summed E-state index contributed by atoms with van der Waals surface area (Å²) in [5.74, 6) is 0. The van der Waals surface area contributed by atoms with Crippen LogP contribution in [-0.4, -0.2) is 17.8 Å². The van der Waals surface area contributed by atoms with Gasteiger partial charge in [0.2, 0.25) is 0 Å². The predicted molar refractivity (Wildman–Crippen MR) is 55.0 cm³/mol. The van der Waals surface area contributed by atoms with Crippen molar-refractivity contribution in [1.82, 2.24) is 5.32 Å². The zero-order valence-electron chi connectivity index (χ0n) is 6.99. The molecule has 2 N–H and O–H groups in total. The van der Waals surface area contributed by atoms with Gasteiger partial charge in [-0.1, -0.05) is 0 Å². The summed E-state index contributed by atoms with van der Waals surface area (Å²) in [4.78, 5) is 0. The second-order valence-electron chi connectivity index (χ2n) is 2.61. The van der Waals surface area contributed by atoms with Crippen LogP contribution in [0, 0.1) is 0 Å². The molecular formula is C8H14ClNOS. The van der Waals surface area contributed by atoms with Crippen LogP contribution in [0.1, 0.15) is 12.5 Å². The van der Waals surface area contributed by atoms with Crippen molar-refractivity contribution >= 4 is 23.7 Å². The van der Waals surface area contributed by atoms with E-state index in [2.05, 4.69) is 22.1 Å². The van der Waals surface area contributed by atoms with Crippen LogP contribution in [0.5, 0.6) is 0 Å². The van der Waals surface area contributed by atoms with Gasteiger partial charge in [-0.15, -0.1) is 12.4 Å². The lowest BCUT2D eigenvalue weighted by molar-refractivity contribution is 0.191. The maximum Gasteiger partial charge on any atom is 0.0636 e. The molecule has 2 nitrogen and oxygen atoms in total. The van der Waals surface area contributed by atoms with Crippen LogP contribution in [0.4, 0.5) is 0 Å². The number of nitrogens with one attached hydrogen (secondary N) is 1. The van der Waals surface area contributed by atoms with Gasteiger partial charge >= 0.3 is 0 Å². The Kier molecular flexibility index (Phi) is 6.38. The van der Waals surface area contributed by atoms with Gasteiger partial charge in [-0.2, -0.15) is 11.3 Å². The molecule has 1 aromatic heterocycles. The highest BCUT2D eigenvalue weighted by Gasteiger charge is 1.94. The van der Waals surface area contributed by atoms with Crippen molar-refractivity contribution in [2.45, 2.75) is 19.6 Å². The summed E-state index contributed by atoms with van der Waals surface area (Å²) in [5.41, 5.74) is 1.29. The molecule has 1 heterocycles. The number of aliphatic hydroxyl groups is 1. The van der Waals surface area contributed by atoms with Crippen molar-refractivity contribution in [2.24, 2.45) is 0 Å². The monoisotopic (exact) mass is 207 g/mol. The van der Waals surface area contributed by atoms with E-state index >= 15 is 0 Å². The number of rotatable bonds is 4. The van der Waals surface area contributed by atoms with Crippen LogP contribution >= 0.6 is 23.7 Å². The van der Waals surface area contributed by atoms with Crippen molar-refractivity contribution in [3.8, 4) is 0 Å². The highest BCUT2D eigenvalue weighted by molar-refractivity contribution is 7.07. The van der Waals surface area contributed by atoms with Gasteiger partial charge in [0.1, 0.15) is 0 Å². The van der Waals surface area contributed by atoms with E-state index in [9.17, 15) is 0 Å². The lowest BCUT2D eigenvalue weighted by Crippen LogP contribution is -2.23. The van der Waals surface area contributed by atoms with Crippen LogP contribution in [0.15, 0.2) is 16.8 Å². The summed E-state index contributed by atoms with van der Waals surface area (Å²) in [6.07, 6.45) is -0.256. The molecule has 0 aliphatic carbocycles. The third kappa shape index (κ3) is 4.72. The molecule has 0 fully saturated rings. The fraction of sp³-hybridized carbons (Fsp3) is 0.500. The Hall–Kier alpha value is -0.0900. The van der Waals surface area contributed by atoms with Crippen molar-refractivity contribution in [1.29, 1.82) is 0 Å². The number of hydrogen-bond donors (Lipinski definition) is 2. The Morgan fingerprint density at radius 3 is 2.92 bits per heavy atom. The summed E-state index contributed by atoms with van der Waals surface area (Å²) in [5, 5.41) is 16.2. The predicted octanol–water partition coefficient (Wildman–Crippen LogP) is 1.64. The highest BCUT2D eigenvalue weighted by atomic mass is 35.5. The molecular weight excluding hydrogens is 194 g/mol. The first-order valence-corrected chi connectivity index (χ1v) is 4.63. The molecule has 0 saturated heterocycles. The lowest BCUT2D eigenvalue weighted by atomic mass is 10.3. The standard InChI is InChI=1S/C8H13NOS.ClH/c1-7(10)4-9-5-8-2-3-11-6-8;/h2-3,6-7,9-10H,4-5H2,1H3;1H. The zero-order valence-corrected chi connectivity index (χ0v) is 8.62. The van der Waals surface area contributed by atoms with Gasteiger partial charge < -0.3 is 10.4 Å². The van der Waals surface area contributed by atoms with Gasteiger partial charge in [0.05, 0.1) is 6.10 Å². The number of aliphatic hydroxyl groups excluding tert-OH is 1. The quantitative estimate of drug-likeness (QED) is 0.787. The smallest absolute Gasteiger partial charge is 0.0636 e. The molecule has 0 radical (unpaired) electrons. The van der Waals surface area contributed by atoms with E-state index in [0.29, 0.717) is 6.54 Å². The fourth-order valence-electron chi connectivity index (χ4n) is 0.819. The van der Waals surface area contributed by atoms with Gasteiger partial charge in [-0.3, -0.25) is 0 Å². The molecule has 0 amide bonds. The third-order valence-electron chi connectivity index (χ3n) is 1.35. The average molecular weight is 208 g/mol. The number of hydrogen-bond acceptors (Lipinski definition) is 3. The van der Waals surface area contributed by atoms with Gasteiger partial charge in [0.25, 0.3) is 0 Å². The summed E-state index contributed by atoms with van der Waals surface area (Å²) in [6, 6.07) is 2.08. The molecule has 1 unspecified atom stereocenters. The Morgan fingerprint density at radius 2 is 2.42 bits per heavy atom. The first-order valence-electron chi connectivity index (χ1n) is 3.69. The lowest BCUT2D eigenvalue weighted by Gasteiger charge is -2.04. The van der Waals surface area contributed by atoms with Gasteiger partial charge in [-0.05, 0) is 29.3 Å². The van der Waals surface area contributed by atoms with Crippen molar-refractivity contribution in [2.75, 3.05) is 6.54 Å². The van der Waals surface area contributed by atoms with Crippen molar-refractivity contribution in [3.63, 3.8) is 0 Å². The van der Waals surface area contributed by atoms with Crippen LogP contribution in [0.25, 0.3) is 0 Å². The summed E-state index contributed by atoms with van der Waals surface area (Å²) in [7, 11) is 0. The molecule has 4 heteroatoms. The highest BCUT2D eigenvalue weighted by Crippen LogP contribution is 2.04. The Balaban J connectivity index is 0.00000121. The largest absolute Gasteiger partial charge is 0.392 e. The molecule has 0 bridgehead atoms. The van der Waals surface area contributed by atoms with Gasteiger partial charge in [-0.25, -0.2) is 0 Å². The van der Waals surface area contributed by atoms with E-state index in [4.69, 9.17) is 5.11 Å². The zero-order chi connectivity index (χ0) is 8.10. The van der Waals surface area contributed by atoms with Crippen molar-refractivity contribution in [3.05, 3.63) is 22.4 Å². The van der Waals surface area contributed by atoms with E-state index in [1.54, 1.807) is 18.3 Å². The minimum absolute atomic E-state index is 0. The van der Waals surface area contributed by atoms with Crippen LogP contribution in [0.3, 0.4) is 0 Å². The molecule has 1 rings (SSSR count). The van der Waals surface area contributed by atoms with E-state index in [1.165, 1.54) is 5.56 Å². The summed E-state index contributed by atoms with van der Waals surface area (Å²) in [6.45, 7) is 3.30. The maximum atomic E-state index is 8.92. The first-order chi connectivity index (χ1) is 5.29. The molecule has 70 valence electrons. The minimum atomic E-state index is -0.256.